The largest absolute Gasteiger partial charge is 0.451 e. The molecule has 2 aromatic carbocycles. The molecule has 3 heterocycles. The van der Waals surface area contributed by atoms with Crippen LogP contribution in [0.4, 0.5) is 5.69 Å². The second kappa shape index (κ2) is 6.10. The number of amides is 1. The minimum Gasteiger partial charge on any atom is -0.451 e. The number of nitrogens with zero attached hydrogens (tertiary/aromatic N) is 3. The molecule has 0 unspecified atom stereocenters. The number of furan rings is 1. The molecule has 0 fully saturated rings. The summed E-state index contributed by atoms with van der Waals surface area (Å²) in [4.78, 5) is 21.1. The third kappa shape index (κ3) is 2.83. The molecule has 0 radical (unpaired) electrons. The van der Waals surface area contributed by atoms with Crippen molar-refractivity contribution in [3.63, 3.8) is 0 Å². The summed E-state index contributed by atoms with van der Waals surface area (Å²) in [5.74, 6) is 0.650. The van der Waals surface area contributed by atoms with E-state index >= 15 is 0 Å². The predicted molar refractivity (Wildman–Crippen MR) is 103 cm³/mol. The molecule has 130 valence electrons. The number of imidazole rings is 1. The molecule has 5 aromatic rings. The lowest BCUT2D eigenvalue weighted by atomic mass is 10.1. The van der Waals surface area contributed by atoms with Crippen molar-refractivity contribution >= 4 is 28.3 Å². The van der Waals surface area contributed by atoms with Crippen LogP contribution < -0.4 is 5.32 Å². The van der Waals surface area contributed by atoms with Crippen LogP contribution in [0, 0.1) is 0 Å². The van der Waals surface area contributed by atoms with Crippen molar-refractivity contribution < 1.29 is 9.21 Å². The van der Waals surface area contributed by atoms with Crippen LogP contribution in [0.2, 0.25) is 0 Å². The van der Waals surface area contributed by atoms with Gasteiger partial charge in [0.1, 0.15) is 5.58 Å². The minimum atomic E-state index is -0.282. The molecule has 27 heavy (non-hydrogen) atoms. The lowest BCUT2D eigenvalue weighted by molar-refractivity contribution is 0.0998. The zero-order chi connectivity index (χ0) is 18.2. The van der Waals surface area contributed by atoms with Gasteiger partial charge in [-0.1, -0.05) is 30.3 Å². The van der Waals surface area contributed by atoms with Gasteiger partial charge in [-0.25, -0.2) is 9.97 Å². The monoisotopic (exact) mass is 354 g/mol. The van der Waals surface area contributed by atoms with Crippen LogP contribution in [0.25, 0.3) is 28.0 Å². The summed E-state index contributed by atoms with van der Waals surface area (Å²) < 4.78 is 7.46. The third-order valence-electron chi connectivity index (χ3n) is 4.32. The first-order chi connectivity index (χ1) is 13.3. The molecule has 3 aromatic heterocycles. The highest BCUT2D eigenvalue weighted by Gasteiger charge is 2.12. The molecule has 1 N–H and O–H groups in total. The Morgan fingerprint density at radius 3 is 2.70 bits per heavy atom. The molecule has 1 amide bonds. The zero-order valence-corrected chi connectivity index (χ0v) is 14.2. The van der Waals surface area contributed by atoms with Crippen molar-refractivity contribution in [2.24, 2.45) is 0 Å². The smallest absolute Gasteiger partial charge is 0.291 e. The number of fused-ring (bicyclic) bond motifs is 2. The quantitative estimate of drug-likeness (QED) is 0.521. The maximum absolute atomic E-state index is 12.4. The van der Waals surface area contributed by atoms with Crippen LogP contribution in [0.5, 0.6) is 0 Å². The summed E-state index contributed by atoms with van der Waals surface area (Å²) >= 11 is 0. The van der Waals surface area contributed by atoms with E-state index in [0.29, 0.717) is 17.0 Å². The van der Waals surface area contributed by atoms with Crippen molar-refractivity contribution in [1.29, 1.82) is 0 Å². The second-order valence-electron chi connectivity index (χ2n) is 6.13. The fraction of sp³-hybridized carbons (Fsp3) is 0. The van der Waals surface area contributed by atoms with Gasteiger partial charge in [0.05, 0.1) is 5.69 Å². The Bertz CT molecular complexity index is 1200. The highest BCUT2D eigenvalue weighted by molar-refractivity contribution is 6.04. The van der Waals surface area contributed by atoms with Gasteiger partial charge < -0.3 is 9.73 Å². The Balaban J connectivity index is 1.37. The molecular formula is C21H14N4O2. The summed E-state index contributed by atoms with van der Waals surface area (Å²) in [6.07, 6.45) is 5.54. The molecular weight excluding hydrogens is 340 g/mol. The minimum absolute atomic E-state index is 0.282. The summed E-state index contributed by atoms with van der Waals surface area (Å²) in [5, 5.41) is 3.76. The van der Waals surface area contributed by atoms with Crippen molar-refractivity contribution in [2.75, 3.05) is 5.32 Å². The highest BCUT2D eigenvalue weighted by atomic mass is 16.3. The Morgan fingerprint density at radius 2 is 1.89 bits per heavy atom. The SMILES string of the molecule is O=C(Nc1ccc(-c2cn3cccnc3n2)cc1)c1cc2ccccc2o1. The van der Waals surface area contributed by atoms with E-state index in [1.165, 1.54) is 0 Å². The maximum atomic E-state index is 12.4. The lowest BCUT2D eigenvalue weighted by Gasteiger charge is -2.04. The van der Waals surface area contributed by atoms with Gasteiger partial charge in [0, 0.05) is 35.2 Å². The molecule has 0 atom stereocenters. The first-order valence-electron chi connectivity index (χ1n) is 8.46. The fourth-order valence-electron chi connectivity index (χ4n) is 2.98. The number of anilines is 1. The fourth-order valence-corrected chi connectivity index (χ4v) is 2.98. The van der Waals surface area contributed by atoms with E-state index < -0.39 is 0 Å². The molecule has 0 saturated carbocycles. The number of para-hydroxylation sites is 1. The Hall–Kier alpha value is -3.93. The van der Waals surface area contributed by atoms with Crippen LogP contribution >= 0.6 is 0 Å². The summed E-state index contributed by atoms with van der Waals surface area (Å²) in [5.41, 5.74) is 3.15. The summed E-state index contributed by atoms with van der Waals surface area (Å²) in [6.45, 7) is 0. The van der Waals surface area contributed by atoms with Crippen LogP contribution in [-0.2, 0) is 0 Å². The number of rotatable bonds is 3. The number of carbonyl (C=O) groups is 1. The van der Waals surface area contributed by atoms with Gasteiger partial charge in [-0.3, -0.25) is 9.20 Å². The summed E-state index contributed by atoms with van der Waals surface area (Å²) in [6, 6.07) is 18.6. The number of nitrogens with one attached hydrogen (secondary N) is 1. The van der Waals surface area contributed by atoms with Crippen molar-refractivity contribution in [1.82, 2.24) is 14.4 Å². The molecule has 6 nitrogen and oxygen atoms in total. The Morgan fingerprint density at radius 1 is 1.04 bits per heavy atom. The topological polar surface area (TPSA) is 72.4 Å². The molecule has 0 aliphatic rings. The molecule has 0 saturated heterocycles. The number of benzene rings is 2. The zero-order valence-electron chi connectivity index (χ0n) is 14.2. The van der Waals surface area contributed by atoms with Gasteiger partial charge in [-0.2, -0.15) is 0 Å². The molecule has 6 heteroatoms. The van der Waals surface area contributed by atoms with Gasteiger partial charge in [-0.05, 0) is 30.3 Å². The van der Waals surface area contributed by atoms with Gasteiger partial charge >= 0.3 is 0 Å². The number of hydrogen-bond donors (Lipinski definition) is 1. The number of hydrogen-bond acceptors (Lipinski definition) is 4. The van der Waals surface area contributed by atoms with E-state index in [2.05, 4.69) is 15.3 Å². The van der Waals surface area contributed by atoms with Crippen LogP contribution in [0.1, 0.15) is 10.6 Å². The van der Waals surface area contributed by atoms with Gasteiger partial charge in [0.15, 0.2) is 5.76 Å². The van der Waals surface area contributed by atoms with Crippen LogP contribution in [0.3, 0.4) is 0 Å². The van der Waals surface area contributed by atoms with E-state index in [4.69, 9.17) is 4.42 Å². The average Bonchev–Trinajstić information content (AvgIpc) is 3.32. The van der Waals surface area contributed by atoms with E-state index in [1.807, 2.05) is 71.4 Å². The van der Waals surface area contributed by atoms with E-state index in [-0.39, 0.29) is 11.7 Å². The van der Waals surface area contributed by atoms with Crippen molar-refractivity contribution in [3.05, 3.63) is 85.0 Å². The Labute approximate surface area is 154 Å². The Kier molecular flexibility index (Phi) is 3.47. The van der Waals surface area contributed by atoms with Gasteiger partial charge in [-0.15, -0.1) is 0 Å². The van der Waals surface area contributed by atoms with Crippen LogP contribution in [0.15, 0.2) is 83.7 Å². The number of carbonyl (C=O) groups excluding carboxylic acids is 1. The molecule has 5 rings (SSSR count). The standard InChI is InChI=1S/C21H14N4O2/c26-20(19-12-15-4-1-2-5-18(15)27-19)23-16-8-6-14(7-9-16)17-13-25-11-3-10-22-21(25)24-17/h1-13H,(H,23,26). The molecule has 0 bridgehead atoms. The van der Waals surface area contributed by atoms with Crippen molar-refractivity contribution in [2.45, 2.75) is 0 Å². The first kappa shape index (κ1) is 15.3. The molecule has 0 aliphatic heterocycles. The second-order valence-corrected chi connectivity index (χ2v) is 6.13. The predicted octanol–water partition coefficient (Wildman–Crippen LogP) is 4.39. The van der Waals surface area contributed by atoms with Crippen LogP contribution in [-0.4, -0.2) is 20.3 Å². The van der Waals surface area contributed by atoms with E-state index in [0.717, 1.165) is 16.6 Å². The maximum Gasteiger partial charge on any atom is 0.291 e. The normalized spacial score (nSPS) is 11.1. The lowest BCUT2D eigenvalue weighted by Crippen LogP contribution is -2.10. The molecule has 0 spiro atoms. The first-order valence-corrected chi connectivity index (χ1v) is 8.46. The van der Waals surface area contributed by atoms with Gasteiger partial charge in [0.25, 0.3) is 5.91 Å². The van der Waals surface area contributed by atoms with E-state index in [9.17, 15) is 4.79 Å². The van der Waals surface area contributed by atoms with Gasteiger partial charge in [0.2, 0.25) is 5.78 Å². The molecule has 0 aliphatic carbocycles. The number of aromatic nitrogens is 3. The third-order valence-corrected chi connectivity index (χ3v) is 4.32. The summed E-state index contributed by atoms with van der Waals surface area (Å²) in [7, 11) is 0. The average molecular weight is 354 g/mol. The highest BCUT2D eigenvalue weighted by Crippen LogP contribution is 2.23. The van der Waals surface area contributed by atoms with E-state index in [1.54, 1.807) is 12.3 Å². The van der Waals surface area contributed by atoms with Crippen molar-refractivity contribution in [3.8, 4) is 11.3 Å².